The smallest absolute Gasteiger partial charge is 0.253 e. The van der Waals surface area contributed by atoms with Crippen molar-refractivity contribution in [2.45, 2.75) is 13.1 Å². The Balaban J connectivity index is 2.06. The van der Waals surface area contributed by atoms with E-state index in [2.05, 4.69) is 4.98 Å². The Morgan fingerprint density at radius 1 is 1.21 bits per heavy atom. The molecule has 2 aromatic rings. The van der Waals surface area contributed by atoms with Gasteiger partial charge in [-0.3, -0.25) is 9.78 Å². The van der Waals surface area contributed by atoms with E-state index >= 15 is 0 Å². The third-order valence-corrected chi connectivity index (χ3v) is 2.91. The quantitative estimate of drug-likeness (QED) is 0.906. The normalized spacial score (nSPS) is 10.2. The molecule has 98 valence electrons. The summed E-state index contributed by atoms with van der Waals surface area (Å²) in [6.07, 6.45) is 1.73. The molecular formula is C15H17N3O. The van der Waals surface area contributed by atoms with Gasteiger partial charge in [-0.1, -0.05) is 18.2 Å². The summed E-state index contributed by atoms with van der Waals surface area (Å²) in [4.78, 5) is 18.1. The van der Waals surface area contributed by atoms with Crippen molar-refractivity contribution in [3.05, 3.63) is 65.5 Å². The summed E-state index contributed by atoms with van der Waals surface area (Å²) in [6.45, 7) is 0.983. The van der Waals surface area contributed by atoms with E-state index in [9.17, 15) is 4.79 Å². The Bertz CT molecular complexity index is 537. The molecule has 0 fully saturated rings. The van der Waals surface area contributed by atoms with E-state index in [4.69, 9.17) is 5.73 Å². The van der Waals surface area contributed by atoms with E-state index in [0.29, 0.717) is 18.7 Å². The predicted octanol–water partition coefficient (Wildman–Crippen LogP) is 1.81. The van der Waals surface area contributed by atoms with Gasteiger partial charge in [0.15, 0.2) is 0 Å². The highest BCUT2D eigenvalue weighted by molar-refractivity contribution is 5.94. The summed E-state index contributed by atoms with van der Waals surface area (Å²) in [7, 11) is 1.77. The molecule has 0 aliphatic carbocycles. The van der Waals surface area contributed by atoms with Crippen LogP contribution in [0.3, 0.4) is 0 Å². The van der Waals surface area contributed by atoms with Crippen LogP contribution < -0.4 is 5.73 Å². The van der Waals surface area contributed by atoms with Gasteiger partial charge in [0, 0.05) is 25.4 Å². The summed E-state index contributed by atoms with van der Waals surface area (Å²) in [5.41, 5.74) is 8.09. The first-order valence-corrected chi connectivity index (χ1v) is 6.15. The molecule has 0 unspecified atom stereocenters. The fraction of sp³-hybridized carbons (Fsp3) is 0.200. The largest absolute Gasteiger partial charge is 0.336 e. The van der Waals surface area contributed by atoms with Crippen molar-refractivity contribution in [3.8, 4) is 0 Å². The summed E-state index contributed by atoms with van der Waals surface area (Å²) < 4.78 is 0. The maximum atomic E-state index is 12.2. The Kier molecular flexibility index (Phi) is 4.26. The molecule has 0 saturated heterocycles. The minimum Gasteiger partial charge on any atom is -0.336 e. The van der Waals surface area contributed by atoms with Gasteiger partial charge >= 0.3 is 0 Å². The molecule has 0 spiro atoms. The molecule has 0 radical (unpaired) electrons. The van der Waals surface area contributed by atoms with Crippen molar-refractivity contribution >= 4 is 5.91 Å². The molecule has 4 nitrogen and oxygen atoms in total. The lowest BCUT2D eigenvalue weighted by Gasteiger charge is -2.16. The minimum absolute atomic E-state index is 0.0192. The van der Waals surface area contributed by atoms with Crippen LogP contribution in [-0.2, 0) is 13.1 Å². The highest BCUT2D eigenvalue weighted by Crippen LogP contribution is 2.08. The average Bonchev–Trinajstić information content (AvgIpc) is 2.47. The number of nitrogens with two attached hydrogens (primary N) is 1. The standard InChI is InChI=1S/C15H17N3O/c1-18(11-14-4-2-3-9-17-14)15(19)13-7-5-12(10-16)6-8-13/h2-9H,10-11,16H2,1H3. The highest BCUT2D eigenvalue weighted by atomic mass is 16.2. The van der Waals surface area contributed by atoms with Gasteiger partial charge in [-0.25, -0.2) is 0 Å². The van der Waals surface area contributed by atoms with E-state index in [-0.39, 0.29) is 5.91 Å². The van der Waals surface area contributed by atoms with Crippen LogP contribution in [0.25, 0.3) is 0 Å². The number of pyridine rings is 1. The Morgan fingerprint density at radius 3 is 2.53 bits per heavy atom. The lowest BCUT2D eigenvalue weighted by molar-refractivity contribution is 0.0783. The Hall–Kier alpha value is -2.20. The van der Waals surface area contributed by atoms with Gasteiger partial charge in [0.1, 0.15) is 0 Å². The fourth-order valence-electron chi connectivity index (χ4n) is 1.81. The van der Waals surface area contributed by atoms with Crippen molar-refractivity contribution < 1.29 is 4.79 Å². The number of hydrogen-bond acceptors (Lipinski definition) is 3. The van der Waals surface area contributed by atoms with E-state index < -0.39 is 0 Å². The fourth-order valence-corrected chi connectivity index (χ4v) is 1.81. The molecule has 0 saturated carbocycles. The Labute approximate surface area is 112 Å². The van der Waals surface area contributed by atoms with Gasteiger partial charge in [-0.2, -0.15) is 0 Å². The summed E-state index contributed by atoms with van der Waals surface area (Å²) >= 11 is 0. The van der Waals surface area contributed by atoms with E-state index in [0.717, 1.165) is 11.3 Å². The third kappa shape index (κ3) is 3.39. The molecule has 1 aromatic heterocycles. The number of nitrogens with zero attached hydrogens (tertiary/aromatic N) is 2. The second-order valence-corrected chi connectivity index (χ2v) is 4.38. The van der Waals surface area contributed by atoms with Gasteiger partial charge in [-0.15, -0.1) is 0 Å². The molecule has 0 atom stereocenters. The summed E-state index contributed by atoms with van der Waals surface area (Å²) in [5, 5.41) is 0. The highest BCUT2D eigenvalue weighted by Gasteiger charge is 2.12. The number of benzene rings is 1. The van der Waals surface area contributed by atoms with Crippen molar-refractivity contribution in [1.29, 1.82) is 0 Å². The third-order valence-electron chi connectivity index (χ3n) is 2.91. The van der Waals surface area contributed by atoms with Crippen LogP contribution in [0, 0.1) is 0 Å². The van der Waals surface area contributed by atoms with Crippen molar-refractivity contribution in [2.75, 3.05) is 7.05 Å². The lowest BCUT2D eigenvalue weighted by atomic mass is 10.1. The van der Waals surface area contributed by atoms with Gasteiger partial charge in [0.05, 0.1) is 12.2 Å². The first-order chi connectivity index (χ1) is 9.20. The second kappa shape index (κ2) is 6.11. The van der Waals surface area contributed by atoms with Crippen LogP contribution in [0.1, 0.15) is 21.6 Å². The van der Waals surface area contributed by atoms with Gasteiger partial charge in [-0.05, 0) is 29.8 Å². The van der Waals surface area contributed by atoms with E-state index in [1.165, 1.54) is 0 Å². The van der Waals surface area contributed by atoms with Crippen LogP contribution in [0.4, 0.5) is 0 Å². The van der Waals surface area contributed by atoms with Crippen molar-refractivity contribution in [3.63, 3.8) is 0 Å². The number of carbonyl (C=O) groups excluding carboxylic acids is 1. The molecule has 0 aliphatic rings. The zero-order valence-corrected chi connectivity index (χ0v) is 10.9. The van der Waals surface area contributed by atoms with Crippen LogP contribution in [0.2, 0.25) is 0 Å². The summed E-state index contributed by atoms with van der Waals surface area (Å²) in [5.74, 6) is -0.0192. The van der Waals surface area contributed by atoms with Crippen LogP contribution in [0.15, 0.2) is 48.7 Å². The monoisotopic (exact) mass is 255 g/mol. The molecule has 2 rings (SSSR count). The average molecular weight is 255 g/mol. The molecular weight excluding hydrogens is 238 g/mol. The molecule has 1 amide bonds. The first kappa shape index (κ1) is 13.2. The van der Waals surface area contributed by atoms with Crippen LogP contribution >= 0.6 is 0 Å². The molecule has 4 heteroatoms. The number of aromatic nitrogens is 1. The number of carbonyl (C=O) groups is 1. The maximum Gasteiger partial charge on any atom is 0.253 e. The van der Waals surface area contributed by atoms with Crippen LogP contribution in [-0.4, -0.2) is 22.8 Å². The summed E-state index contributed by atoms with van der Waals surface area (Å²) in [6, 6.07) is 13.0. The number of amides is 1. The zero-order valence-electron chi connectivity index (χ0n) is 10.9. The number of rotatable bonds is 4. The molecule has 2 N–H and O–H groups in total. The maximum absolute atomic E-state index is 12.2. The minimum atomic E-state index is -0.0192. The zero-order chi connectivity index (χ0) is 13.7. The number of hydrogen-bond donors (Lipinski definition) is 1. The van der Waals surface area contributed by atoms with E-state index in [1.54, 1.807) is 30.3 Å². The van der Waals surface area contributed by atoms with E-state index in [1.807, 2.05) is 30.3 Å². The SMILES string of the molecule is CN(Cc1ccccn1)C(=O)c1ccc(CN)cc1. The van der Waals surface area contributed by atoms with Crippen LogP contribution in [0.5, 0.6) is 0 Å². The second-order valence-electron chi connectivity index (χ2n) is 4.38. The lowest BCUT2D eigenvalue weighted by Crippen LogP contribution is -2.26. The predicted molar refractivity (Wildman–Crippen MR) is 74.4 cm³/mol. The first-order valence-electron chi connectivity index (χ1n) is 6.15. The van der Waals surface area contributed by atoms with Crippen molar-refractivity contribution in [2.24, 2.45) is 5.73 Å². The molecule has 1 heterocycles. The van der Waals surface area contributed by atoms with Gasteiger partial charge < -0.3 is 10.6 Å². The molecule has 0 bridgehead atoms. The van der Waals surface area contributed by atoms with Crippen molar-refractivity contribution in [1.82, 2.24) is 9.88 Å². The van der Waals surface area contributed by atoms with Gasteiger partial charge in [0.25, 0.3) is 5.91 Å². The topological polar surface area (TPSA) is 59.2 Å². The van der Waals surface area contributed by atoms with Gasteiger partial charge in [0.2, 0.25) is 0 Å². The molecule has 0 aliphatic heterocycles. The Morgan fingerprint density at radius 2 is 1.95 bits per heavy atom. The molecule has 19 heavy (non-hydrogen) atoms. The molecule has 1 aromatic carbocycles.